The maximum absolute atomic E-state index is 14.6. The number of nitrogens with one attached hydrogen (secondary N) is 1. The van der Waals surface area contributed by atoms with Crippen molar-refractivity contribution in [2.75, 3.05) is 49.6 Å². The van der Waals surface area contributed by atoms with Gasteiger partial charge in [-0.3, -0.25) is 14.4 Å². The summed E-state index contributed by atoms with van der Waals surface area (Å²) in [6.07, 6.45) is -0.932. The number of carbonyl (C=O) groups excluding carboxylic acids is 2. The molecule has 0 unspecified atom stereocenters. The molecule has 0 spiro atoms. The Kier molecular flexibility index (Phi) is 9.11. The lowest BCUT2D eigenvalue weighted by Gasteiger charge is -2.36. The van der Waals surface area contributed by atoms with Crippen LogP contribution in [-0.4, -0.2) is 85.4 Å². The Hall–Kier alpha value is -5.32. The van der Waals surface area contributed by atoms with Crippen molar-refractivity contribution in [1.82, 2.24) is 29.0 Å². The van der Waals surface area contributed by atoms with E-state index < -0.39 is 41.5 Å². The molecule has 2 aliphatic rings. The van der Waals surface area contributed by atoms with Gasteiger partial charge in [-0.2, -0.15) is 22.7 Å². The molecule has 0 bridgehead atoms. The number of halogens is 4. The van der Waals surface area contributed by atoms with Gasteiger partial charge in [-0.25, -0.2) is 9.37 Å². The lowest BCUT2D eigenvalue weighted by molar-refractivity contribution is -0.140. The molecular formula is C32H32F4N8O5. The third kappa shape index (κ3) is 6.45. The number of carbonyl (C=O) groups is 2. The van der Waals surface area contributed by atoms with Gasteiger partial charge >= 0.3 is 6.18 Å². The molecule has 0 saturated carbocycles. The molecule has 4 aromatic rings. The van der Waals surface area contributed by atoms with Gasteiger partial charge in [0.05, 0.1) is 24.5 Å². The van der Waals surface area contributed by atoms with Gasteiger partial charge < -0.3 is 29.5 Å². The summed E-state index contributed by atoms with van der Waals surface area (Å²) in [4.78, 5) is 52.6. The fourth-order valence-corrected chi connectivity index (χ4v) is 6.01. The number of aromatic nitrogens is 5. The van der Waals surface area contributed by atoms with Gasteiger partial charge in [0.15, 0.2) is 11.5 Å². The number of aromatic hydroxyl groups is 1. The number of hydrogen-bond donors (Lipinski definition) is 2. The van der Waals surface area contributed by atoms with E-state index in [0.717, 1.165) is 23.1 Å². The maximum atomic E-state index is 14.6. The van der Waals surface area contributed by atoms with Crippen LogP contribution in [-0.2, 0) is 28.7 Å². The number of amides is 2. The third-order valence-corrected chi connectivity index (χ3v) is 8.55. The van der Waals surface area contributed by atoms with Crippen LogP contribution in [0.3, 0.4) is 0 Å². The van der Waals surface area contributed by atoms with Gasteiger partial charge in [0.25, 0.3) is 11.5 Å². The number of alkyl halides is 3. The summed E-state index contributed by atoms with van der Waals surface area (Å²) in [5.74, 6) is -2.55. The molecule has 13 nitrogen and oxygen atoms in total. The van der Waals surface area contributed by atoms with Crippen molar-refractivity contribution < 1.29 is 37.0 Å². The zero-order valence-electron chi connectivity index (χ0n) is 26.6. The topological polar surface area (TPSA) is 147 Å². The fraction of sp³-hybridized carbons (Fsp3) is 0.375. The summed E-state index contributed by atoms with van der Waals surface area (Å²) >= 11 is 0. The monoisotopic (exact) mass is 684 g/mol. The number of piperazine rings is 1. The molecule has 2 aliphatic heterocycles. The lowest BCUT2D eigenvalue weighted by atomic mass is 10.1. The van der Waals surface area contributed by atoms with Crippen LogP contribution in [0.2, 0.25) is 0 Å². The van der Waals surface area contributed by atoms with Gasteiger partial charge in [0.1, 0.15) is 23.8 Å². The summed E-state index contributed by atoms with van der Waals surface area (Å²) in [6, 6.07) is 4.44. The van der Waals surface area contributed by atoms with Crippen LogP contribution in [0.15, 0.2) is 41.3 Å². The SMILES string of the molecule is CCc1c(N2CCN(C(=O)c3ncccc3O)CC2)c(=O)n2nc(C3=CCOCC3)nc2n1CC(=O)Nc1ccc(C(F)(F)F)c(F)c1C. The Morgan fingerprint density at radius 1 is 1.12 bits per heavy atom. The van der Waals surface area contributed by atoms with E-state index >= 15 is 0 Å². The summed E-state index contributed by atoms with van der Waals surface area (Å²) in [6.45, 7) is 4.13. The first-order chi connectivity index (χ1) is 23.4. The Bertz CT molecular complexity index is 2030. The number of pyridine rings is 1. The zero-order valence-corrected chi connectivity index (χ0v) is 26.6. The number of nitrogens with zero attached hydrogens (tertiary/aromatic N) is 7. The largest absolute Gasteiger partial charge is 0.505 e. The fourth-order valence-electron chi connectivity index (χ4n) is 6.01. The highest BCUT2D eigenvalue weighted by atomic mass is 19.4. The van der Waals surface area contributed by atoms with Crippen molar-refractivity contribution in [2.45, 2.75) is 39.4 Å². The first kappa shape index (κ1) is 33.6. The molecular weight excluding hydrogens is 652 g/mol. The van der Waals surface area contributed by atoms with E-state index in [1.54, 1.807) is 17.9 Å². The molecule has 258 valence electrons. The number of hydrogen-bond acceptors (Lipinski definition) is 9. The normalized spacial score (nSPS) is 15.4. The van der Waals surface area contributed by atoms with E-state index in [1.807, 2.05) is 0 Å². The number of anilines is 2. The van der Waals surface area contributed by atoms with Crippen molar-refractivity contribution >= 4 is 34.5 Å². The number of ether oxygens (including phenoxy) is 1. The molecule has 2 amide bonds. The highest BCUT2D eigenvalue weighted by Crippen LogP contribution is 2.35. The Labute approximate surface area is 276 Å². The maximum Gasteiger partial charge on any atom is 0.419 e. The van der Waals surface area contributed by atoms with Crippen LogP contribution in [0, 0.1) is 12.7 Å². The first-order valence-electron chi connectivity index (χ1n) is 15.5. The van der Waals surface area contributed by atoms with Crippen LogP contribution in [0.5, 0.6) is 5.75 Å². The Balaban J connectivity index is 1.36. The second kappa shape index (κ2) is 13.3. The quantitative estimate of drug-likeness (QED) is 0.280. The summed E-state index contributed by atoms with van der Waals surface area (Å²) in [5.41, 5.74) is -1.11. The van der Waals surface area contributed by atoms with E-state index in [4.69, 9.17) is 4.74 Å². The van der Waals surface area contributed by atoms with E-state index in [2.05, 4.69) is 20.4 Å². The number of rotatable bonds is 7. The zero-order chi connectivity index (χ0) is 35.0. The molecule has 17 heteroatoms. The smallest absolute Gasteiger partial charge is 0.419 e. The second-order valence-electron chi connectivity index (χ2n) is 11.5. The predicted molar refractivity (Wildman–Crippen MR) is 169 cm³/mol. The minimum atomic E-state index is -4.91. The van der Waals surface area contributed by atoms with Crippen molar-refractivity contribution in [3.05, 3.63) is 81.0 Å². The number of benzene rings is 1. The average molecular weight is 685 g/mol. The van der Waals surface area contributed by atoms with Crippen molar-refractivity contribution in [3.8, 4) is 5.75 Å². The molecule has 1 aromatic carbocycles. The third-order valence-electron chi connectivity index (χ3n) is 8.55. The van der Waals surface area contributed by atoms with E-state index in [9.17, 15) is 37.1 Å². The molecule has 49 heavy (non-hydrogen) atoms. The van der Waals surface area contributed by atoms with E-state index in [1.165, 1.54) is 27.8 Å². The van der Waals surface area contributed by atoms with Crippen LogP contribution < -0.4 is 15.8 Å². The second-order valence-corrected chi connectivity index (χ2v) is 11.5. The first-order valence-corrected chi connectivity index (χ1v) is 15.5. The van der Waals surface area contributed by atoms with E-state index in [-0.39, 0.29) is 72.6 Å². The van der Waals surface area contributed by atoms with Gasteiger partial charge in [-0.1, -0.05) is 13.0 Å². The van der Waals surface area contributed by atoms with Gasteiger partial charge in [-0.15, -0.1) is 5.10 Å². The van der Waals surface area contributed by atoms with Crippen LogP contribution >= 0.6 is 0 Å². The minimum Gasteiger partial charge on any atom is -0.505 e. The number of fused-ring (bicyclic) bond motifs is 1. The van der Waals surface area contributed by atoms with Crippen LogP contribution in [0.25, 0.3) is 11.4 Å². The summed E-state index contributed by atoms with van der Waals surface area (Å²) in [7, 11) is 0. The Morgan fingerprint density at radius 3 is 2.53 bits per heavy atom. The van der Waals surface area contributed by atoms with Crippen molar-refractivity contribution in [3.63, 3.8) is 0 Å². The summed E-state index contributed by atoms with van der Waals surface area (Å²) in [5, 5.41) is 17.1. The van der Waals surface area contributed by atoms with Crippen molar-refractivity contribution in [2.24, 2.45) is 0 Å². The standard InChI is InChI=1S/C32H32F4N8O5/c1-3-22-27(41-11-13-42(14-12-41)29(47)26-23(45)5-4-10-37-26)30(48)44-31(39-28(40-44)19-8-15-49-16-9-19)43(22)17-24(46)38-21-7-6-20(32(34,35)36)25(33)18(21)2/h4-8,10,45H,3,9,11-17H2,1-2H3,(H,38,46). The molecule has 5 heterocycles. The highest BCUT2D eigenvalue weighted by molar-refractivity contribution is 5.95. The minimum absolute atomic E-state index is 0.0675. The lowest BCUT2D eigenvalue weighted by Crippen LogP contribution is -2.51. The average Bonchev–Trinajstić information content (AvgIpc) is 3.54. The molecule has 0 aliphatic carbocycles. The molecule has 3 aromatic heterocycles. The molecule has 0 atom stereocenters. The molecule has 1 fully saturated rings. The summed E-state index contributed by atoms with van der Waals surface area (Å²) < 4.78 is 62.4. The van der Waals surface area contributed by atoms with Crippen molar-refractivity contribution in [1.29, 1.82) is 0 Å². The van der Waals surface area contributed by atoms with Crippen LogP contribution in [0.1, 0.15) is 46.5 Å². The van der Waals surface area contributed by atoms with Gasteiger partial charge in [0, 0.05) is 43.6 Å². The highest BCUT2D eigenvalue weighted by Gasteiger charge is 2.35. The molecule has 2 N–H and O–H groups in total. The van der Waals surface area contributed by atoms with Gasteiger partial charge in [-0.05, 0) is 49.6 Å². The Morgan fingerprint density at radius 2 is 1.88 bits per heavy atom. The van der Waals surface area contributed by atoms with Crippen LogP contribution in [0.4, 0.5) is 28.9 Å². The van der Waals surface area contributed by atoms with E-state index in [0.29, 0.717) is 31.4 Å². The molecule has 1 saturated heterocycles. The predicted octanol–water partition coefficient (Wildman–Crippen LogP) is 3.43. The molecule has 6 rings (SSSR count). The van der Waals surface area contributed by atoms with Gasteiger partial charge in [0.2, 0.25) is 11.7 Å². The molecule has 0 radical (unpaired) electrons.